The monoisotopic (exact) mass is 333 g/mol. The first-order valence-corrected chi connectivity index (χ1v) is 8.82. The van der Waals surface area contributed by atoms with Gasteiger partial charge in [0.15, 0.2) is 0 Å². The fourth-order valence-corrected chi connectivity index (χ4v) is 3.42. The van der Waals surface area contributed by atoms with Crippen LogP contribution in [0.25, 0.3) is 0 Å². The number of nitrogens with one attached hydrogen (secondary N) is 1. The molecule has 24 heavy (non-hydrogen) atoms. The number of benzene rings is 1. The van der Waals surface area contributed by atoms with Gasteiger partial charge >= 0.3 is 0 Å². The van der Waals surface area contributed by atoms with Crippen molar-refractivity contribution in [2.24, 2.45) is 5.41 Å². The lowest BCUT2D eigenvalue weighted by atomic mass is 9.81. The molecule has 4 heteroatoms. The van der Waals surface area contributed by atoms with Crippen LogP contribution in [-0.4, -0.2) is 30.8 Å². The second kappa shape index (κ2) is 7.56. The quantitative estimate of drug-likeness (QED) is 0.849. The number of amides is 1. The summed E-state index contributed by atoms with van der Waals surface area (Å²) in [5, 5.41) is 3.13. The summed E-state index contributed by atoms with van der Waals surface area (Å²) in [5.41, 5.74) is 0.572. The smallest absolute Gasteiger partial charge is 0.251 e. The summed E-state index contributed by atoms with van der Waals surface area (Å²) < 4.78 is 11.3. The minimum Gasteiger partial charge on any atom is -0.491 e. The van der Waals surface area contributed by atoms with Gasteiger partial charge in [0, 0.05) is 17.7 Å². The zero-order valence-corrected chi connectivity index (χ0v) is 15.6. The topological polar surface area (TPSA) is 47.6 Å². The minimum atomic E-state index is -0.246. The van der Waals surface area contributed by atoms with Gasteiger partial charge in [-0.15, -0.1) is 0 Å². The molecule has 0 aliphatic carbocycles. The summed E-state index contributed by atoms with van der Waals surface area (Å²) in [4.78, 5) is 12.5. The maximum Gasteiger partial charge on any atom is 0.251 e. The SMILES string of the molecule is CC(C)(C)CC(C)(C)NC(=O)c1ccc(OCC2CCCO2)cc1. The van der Waals surface area contributed by atoms with Gasteiger partial charge in [0.1, 0.15) is 12.4 Å². The Hall–Kier alpha value is -1.55. The van der Waals surface area contributed by atoms with Gasteiger partial charge in [0.05, 0.1) is 6.10 Å². The Kier molecular flexibility index (Phi) is 5.92. The van der Waals surface area contributed by atoms with Gasteiger partial charge in [-0.3, -0.25) is 4.79 Å². The van der Waals surface area contributed by atoms with E-state index in [0.717, 1.165) is 31.6 Å². The first kappa shape index (κ1) is 18.8. The van der Waals surface area contributed by atoms with Crippen LogP contribution in [-0.2, 0) is 4.74 Å². The van der Waals surface area contributed by atoms with E-state index in [2.05, 4.69) is 39.9 Å². The van der Waals surface area contributed by atoms with Crippen molar-refractivity contribution in [2.75, 3.05) is 13.2 Å². The van der Waals surface area contributed by atoms with Crippen LogP contribution in [0.3, 0.4) is 0 Å². The van der Waals surface area contributed by atoms with Crippen LogP contribution in [0.4, 0.5) is 0 Å². The second-order valence-corrected chi connectivity index (χ2v) is 8.55. The summed E-state index contributed by atoms with van der Waals surface area (Å²) in [7, 11) is 0. The lowest BCUT2D eigenvalue weighted by molar-refractivity contribution is 0.0679. The number of hydrogen-bond acceptors (Lipinski definition) is 3. The molecule has 2 rings (SSSR count). The molecule has 1 heterocycles. The van der Waals surface area contributed by atoms with E-state index >= 15 is 0 Å². The highest BCUT2D eigenvalue weighted by atomic mass is 16.5. The summed E-state index contributed by atoms with van der Waals surface area (Å²) in [5.74, 6) is 0.728. The molecule has 4 nitrogen and oxygen atoms in total. The molecule has 0 spiro atoms. The summed E-state index contributed by atoms with van der Waals surface area (Å²) in [6.07, 6.45) is 3.28. The third-order valence-corrected chi connectivity index (χ3v) is 4.00. The largest absolute Gasteiger partial charge is 0.491 e. The van der Waals surface area contributed by atoms with Crippen molar-refractivity contribution >= 4 is 5.91 Å². The van der Waals surface area contributed by atoms with Crippen molar-refractivity contribution in [1.29, 1.82) is 0 Å². The van der Waals surface area contributed by atoms with Crippen LogP contribution in [0.15, 0.2) is 24.3 Å². The molecule has 1 saturated heterocycles. The average Bonchev–Trinajstić information content (AvgIpc) is 2.95. The van der Waals surface area contributed by atoms with Crippen LogP contribution < -0.4 is 10.1 Å². The van der Waals surface area contributed by atoms with E-state index in [1.54, 1.807) is 0 Å². The highest BCUT2D eigenvalue weighted by molar-refractivity contribution is 5.94. The van der Waals surface area contributed by atoms with Gasteiger partial charge in [-0.05, 0) is 62.8 Å². The number of rotatable bonds is 6. The molecule has 1 aromatic carbocycles. The number of hydrogen-bond donors (Lipinski definition) is 1. The van der Waals surface area contributed by atoms with Gasteiger partial charge in [-0.2, -0.15) is 0 Å². The van der Waals surface area contributed by atoms with Gasteiger partial charge in [0.25, 0.3) is 5.91 Å². The molecule has 1 amide bonds. The highest BCUT2D eigenvalue weighted by Crippen LogP contribution is 2.27. The highest BCUT2D eigenvalue weighted by Gasteiger charge is 2.27. The zero-order valence-electron chi connectivity index (χ0n) is 15.6. The average molecular weight is 333 g/mol. The summed E-state index contributed by atoms with van der Waals surface area (Å²) in [6, 6.07) is 7.32. The maximum absolute atomic E-state index is 12.5. The summed E-state index contributed by atoms with van der Waals surface area (Å²) >= 11 is 0. The Balaban J connectivity index is 1.88. The Morgan fingerprint density at radius 3 is 2.42 bits per heavy atom. The van der Waals surface area contributed by atoms with Crippen molar-refractivity contribution in [2.45, 2.75) is 65.5 Å². The molecular formula is C20H31NO3. The third-order valence-electron chi connectivity index (χ3n) is 4.00. The molecule has 1 aromatic rings. The van der Waals surface area contributed by atoms with Crippen molar-refractivity contribution in [3.63, 3.8) is 0 Å². The van der Waals surface area contributed by atoms with Crippen molar-refractivity contribution in [1.82, 2.24) is 5.32 Å². The standard InChI is InChI=1S/C20H31NO3/c1-19(2,3)14-20(4,5)21-18(22)15-8-10-16(11-9-15)24-13-17-7-6-12-23-17/h8-11,17H,6-7,12-14H2,1-5H3,(H,21,22). The van der Waals surface area contributed by atoms with Crippen molar-refractivity contribution in [3.8, 4) is 5.75 Å². The molecule has 0 bridgehead atoms. The molecule has 1 N–H and O–H groups in total. The van der Waals surface area contributed by atoms with Gasteiger partial charge in [0.2, 0.25) is 0 Å². The van der Waals surface area contributed by atoms with Crippen molar-refractivity contribution in [3.05, 3.63) is 29.8 Å². The molecule has 0 aromatic heterocycles. The molecule has 1 unspecified atom stereocenters. The van der Waals surface area contributed by atoms with Gasteiger partial charge in [-0.25, -0.2) is 0 Å². The predicted molar refractivity (Wildman–Crippen MR) is 96.5 cm³/mol. The Labute approximate surface area is 145 Å². The van der Waals surface area contributed by atoms with E-state index in [0.29, 0.717) is 12.2 Å². The van der Waals surface area contributed by atoms with Crippen LogP contribution in [0, 0.1) is 5.41 Å². The molecule has 0 radical (unpaired) electrons. The molecule has 134 valence electrons. The first-order chi connectivity index (χ1) is 11.1. The Morgan fingerprint density at radius 2 is 1.88 bits per heavy atom. The number of carbonyl (C=O) groups excluding carboxylic acids is 1. The van der Waals surface area contributed by atoms with E-state index in [9.17, 15) is 4.79 Å². The lowest BCUT2D eigenvalue weighted by Gasteiger charge is -2.33. The van der Waals surface area contributed by atoms with E-state index in [4.69, 9.17) is 9.47 Å². The normalized spacial score (nSPS) is 18.5. The lowest BCUT2D eigenvalue weighted by Crippen LogP contribution is -2.45. The third kappa shape index (κ3) is 6.16. The van der Waals surface area contributed by atoms with Crippen molar-refractivity contribution < 1.29 is 14.3 Å². The first-order valence-electron chi connectivity index (χ1n) is 8.82. The Morgan fingerprint density at radius 1 is 1.21 bits per heavy atom. The van der Waals surface area contributed by atoms with E-state index < -0.39 is 0 Å². The minimum absolute atomic E-state index is 0.0464. The molecule has 1 atom stereocenters. The molecule has 1 aliphatic heterocycles. The summed E-state index contributed by atoms with van der Waals surface area (Å²) in [6.45, 7) is 12.1. The van der Waals surface area contributed by atoms with Gasteiger partial charge < -0.3 is 14.8 Å². The fourth-order valence-electron chi connectivity index (χ4n) is 3.42. The molecular weight excluding hydrogens is 302 g/mol. The van der Waals surface area contributed by atoms with Crippen LogP contribution in [0.5, 0.6) is 5.75 Å². The van der Waals surface area contributed by atoms with Crippen LogP contribution in [0.2, 0.25) is 0 Å². The van der Waals surface area contributed by atoms with Gasteiger partial charge in [-0.1, -0.05) is 20.8 Å². The van der Waals surface area contributed by atoms with E-state index in [1.165, 1.54) is 0 Å². The molecule has 1 aliphatic rings. The van der Waals surface area contributed by atoms with Crippen LogP contribution in [0.1, 0.15) is 64.2 Å². The number of carbonyl (C=O) groups is 1. The maximum atomic E-state index is 12.5. The molecule has 1 fully saturated rings. The fraction of sp³-hybridized carbons (Fsp3) is 0.650. The van der Waals surface area contributed by atoms with Crippen LogP contribution >= 0.6 is 0 Å². The van der Waals surface area contributed by atoms with E-state index in [1.807, 2.05) is 24.3 Å². The van der Waals surface area contributed by atoms with E-state index in [-0.39, 0.29) is 23.0 Å². The zero-order chi connectivity index (χ0) is 17.8. The molecule has 0 saturated carbocycles. The predicted octanol–water partition coefficient (Wildman–Crippen LogP) is 4.19. The number of ether oxygens (including phenoxy) is 2. The Bertz CT molecular complexity index is 537. The second-order valence-electron chi connectivity index (χ2n) is 8.55.